The minimum absolute atomic E-state index is 0.0177. The molecule has 0 aromatic heterocycles. The first-order valence-corrected chi connectivity index (χ1v) is 15.3. The van der Waals surface area contributed by atoms with Crippen LogP contribution in [0, 0.1) is 0 Å². The average molecular weight is 575 g/mol. The van der Waals surface area contributed by atoms with Crippen molar-refractivity contribution in [3.8, 4) is 11.5 Å². The Morgan fingerprint density at radius 1 is 0.610 bits per heavy atom. The van der Waals surface area contributed by atoms with Gasteiger partial charge in [0.15, 0.2) is 12.6 Å². The smallest absolute Gasteiger partial charge is 0.184 e. The lowest BCUT2D eigenvalue weighted by Gasteiger charge is -2.38. The Kier molecular flexibility index (Phi) is 13.8. The minimum Gasteiger partial charge on any atom is -0.508 e. The number of hydrogen-bond acceptors (Lipinski definition) is 8. The highest BCUT2D eigenvalue weighted by atomic mass is 16.7. The van der Waals surface area contributed by atoms with Crippen LogP contribution >= 0.6 is 0 Å². The predicted octanol–water partition coefficient (Wildman–Crippen LogP) is 6.66. The molecular formula is C33H50O8. The third kappa shape index (κ3) is 11.2. The summed E-state index contributed by atoms with van der Waals surface area (Å²) in [7, 11) is 0. The van der Waals surface area contributed by atoms with E-state index in [9.17, 15) is 20.4 Å². The van der Waals surface area contributed by atoms with Crippen molar-refractivity contribution in [2.45, 2.75) is 135 Å². The highest BCUT2D eigenvalue weighted by molar-refractivity contribution is 5.27. The fraction of sp³-hybridized carbons (Fsp3) is 0.636. The zero-order valence-electron chi connectivity index (χ0n) is 25.0. The molecule has 0 radical (unpaired) electrons. The monoisotopic (exact) mass is 574 g/mol. The molecule has 0 saturated carbocycles. The summed E-state index contributed by atoms with van der Waals surface area (Å²) in [6.07, 6.45) is 5.25. The maximum absolute atomic E-state index is 9.97. The highest BCUT2D eigenvalue weighted by Gasteiger charge is 2.33. The maximum Gasteiger partial charge on any atom is 0.184 e. The molecule has 4 rings (SSSR count). The molecule has 8 heteroatoms. The number of ether oxygens (including phenoxy) is 4. The van der Waals surface area contributed by atoms with E-state index in [0.717, 1.165) is 56.1 Å². The summed E-state index contributed by atoms with van der Waals surface area (Å²) in [5.41, 5.74) is 1.72. The Morgan fingerprint density at radius 3 is 1.41 bits per heavy atom. The van der Waals surface area contributed by atoms with Crippen LogP contribution in [-0.2, 0) is 18.9 Å². The lowest BCUT2D eigenvalue weighted by molar-refractivity contribution is -0.256. The normalized spacial score (nSPS) is 27.9. The van der Waals surface area contributed by atoms with Gasteiger partial charge in [-0.25, -0.2) is 0 Å². The molecule has 8 nitrogen and oxygen atoms in total. The van der Waals surface area contributed by atoms with E-state index in [1.807, 2.05) is 32.9 Å². The SMILES string of the molecule is CC.CC(O)CCCC1CC(CCCC2CC(CC(C)O)OC(c3ccc(O)cc3)O2)OC(c2ccc(O)cc2)O1. The first kappa shape index (κ1) is 33.3. The first-order chi connectivity index (χ1) is 19.7. The minimum atomic E-state index is -0.537. The van der Waals surface area contributed by atoms with Gasteiger partial charge in [0.05, 0.1) is 36.6 Å². The largest absolute Gasteiger partial charge is 0.508 e. The molecule has 230 valence electrons. The van der Waals surface area contributed by atoms with Gasteiger partial charge in [-0.2, -0.15) is 0 Å². The van der Waals surface area contributed by atoms with Crippen molar-refractivity contribution in [1.82, 2.24) is 0 Å². The molecule has 41 heavy (non-hydrogen) atoms. The van der Waals surface area contributed by atoms with Crippen LogP contribution in [-0.4, -0.2) is 57.0 Å². The molecule has 2 aliphatic rings. The molecule has 8 atom stereocenters. The number of rotatable bonds is 12. The summed E-state index contributed by atoms with van der Waals surface area (Å²) in [5.74, 6) is 0.397. The van der Waals surface area contributed by atoms with Crippen molar-refractivity contribution in [2.75, 3.05) is 0 Å². The molecule has 0 amide bonds. The maximum atomic E-state index is 9.97. The molecule has 2 heterocycles. The van der Waals surface area contributed by atoms with E-state index < -0.39 is 18.7 Å². The number of phenols is 2. The fourth-order valence-electron chi connectivity index (χ4n) is 5.45. The van der Waals surface area contributed by atoms with Gasteiger partial charge in [0.2, 0.25) is 0 Å². The lowest BCUT2D eigenvalue weighted by Crippen LogP contribution is -2.36. The second kappa shape index (κ2) is 17.0. The van der Waals surface area contributed by atoms with Gasteiger partial charge in [0.1, 0.15) is 11.5 Å². The van der Waals surface area contributed by atoms with E-state index in [1.165, 1.54) is 0 Å². The van der Waals surface area contributed by atoms with Crippen LogP contribution < -0.4 is 0 Å². The van der Waals surface area contributed by atoms with Crippen LogP contribution in [0.25, 0.3) is 0 Å². The van der Waals surface area contributed by atoms with Crippen LogP contribution in [0.3, 0.4) is 0 Å². The van der Waals surface area contributed by atoms with E-state index in [0.29, 0.717) is 12.8 Å². The summed E-state index contributed by atoms with van der Waals surface area (Å²) < 4.78 is 25.1. The Labute approximate surface area is 245 Å². The highest BCUT2D eigenvalue weighted by Crippen LogP contribution is 2.37. The van der Waals surface area contributed by atoms with E-state index in [4.69, 9.17) is 18.9 Å². The Hall–Kier alpha value is -2.20. The van der Waals surface area contributed by atoms with Crippen molar-refractivity contribution < 1.29 is 39.4 Å². The van der Waals surface area contributed by atoms with Crippen LogP contribution in [0.2, 0.25) is 0 Å². The second-order valence-electron chi connectivity index (χ2n) is 11.1. The first-order valence-electron chi connectivity index (χ1n) is 15.3. The summed E-state index contributed by atoms with van der Waals surface area (Å²) in [6, 6.07) is 13.8. The molecule has 0 spiro atoms. The van der Waals surface area contributed by atoms with E-state index >= 15 is 0 Å². The van der Waals surface area contributed by atoms with E-state index in [1.54, 1.807) is 43.3 Å². The zero-order valence-corrected chi connectivity index (χ0v) is 25.0. The number of aliphatic hydroxyl groups is 2. The van der Waals surface area contributed by atoms with Crippen molar-refractivity contribution in [2.24, 2.45) is 0 Å². The molecule has 2 fully saturated rings. The van der Waals surface area contributed by atoms with Crippen molar-refractivity contribution in [3.05, 3.63) is 59.7 Å². The van der Waals surface area contributed by atoms with Crippen molar-refractivity contribution in [3.63, 3.8) is 0 Å². The summed E-state index contributed by atoms with van der Waals surface area (Å²) in [6.45, 7) is 7.58. The molecule has 0 bridgehead atoms. The number of hydrogen-bond donors (Lipinski definition) is 4. The quantitative estimate of drug-likeness (QED) is 0.222. The Balaban J connectivity index is 0.00000226. The Bertz CT molecular complexity index is 978. The molecule has 0 aliphatic carbocycles. The third-order valence-electron chi connectivity index (χ3n) is 7.45. The van der Waals surface area contributed by atoms with Crippen LogP contribution in [0.1, 0.15) is 109 Å². The van der Waals surface area contributed by atoms with Gasteiger partial charge in [-0.1, -0.05) is 38.1 Å². The van der Waals surface area contributed by atoms with Gasteiger partial charge in [-0.15, -0.1) is 0 Å². The van der Waals surface area contributed by atoms with Crippen molar-refractivity contribution in [1.29, 1.82) is 0 Å². The van der Waals surface area contributed by atoms with Crippen LogP contribution in [0.4, 0.5) is 0 Å². The molecule has 2 aromatic rings. The number of aromatic hydroxyl groups is 2. The molecule has 4 N–H and O–H groups in total. The van der Waals surface area contributed by atoms with Gasteiger partial charge < -0.3 is 39.4 Å². The number of aliphatic hydroxyl groups excluding tert-OH is 2. The van der Waals surface area contributed by atoms with Gasteiger partial charge in [-0.05, 0) is 83.1 Å². The summed E-state index contributed by atoms with van der Waals surface area (Å²) in [5, 5.41) is 39.0. The van der Waals surface area contributed by atoms with Gasteiger partial charge >= 0.3 is 0 Å². The molecule has 2 saturated heterocycles. The summed E-state index contributed by atoms with van der Waals surface area (Å²) >= 11 is 0. The Morgan fingerprint density at radius 2 is 1.00 bits per heavy atom. The molecule has 2 aromatic carbocycles. The fourth-order valence-corrected chi connectivity index (χ4v) is 5.45. The van der Waals surface area contributed by atoms with Crippen molar-refractivity contribution >= 4 is 0 Å². The lowest BCUT2D eigenvalue weighted by atomic mass is 9.96. The topological polar surface area (TPSA) is 118 Å². The van der Waals surface area contributed by atoms with Crippen LogP contribution in [0.15, 0.2) is 48.5 Å². The molecule has 2 aliphatic heterocycles. The van der Waals surface area contributed by atoms with E-state index in [2.05, 4.69) is 0 Å². The van der Waals surface area contributed by atoms with Crippen LogP contribution in [0.5, 0.6) is 11.5 Å². The molecule has 8 unspecified atom stereocenters. The number of phenolic OH excluding ortho intramolecular Hbond substituents is 2. The average Bonchev–Trinajstić information content (AvgIpc) is 2.94. The number of benzene rings is 2. The predicted molar refractivity (Wildman–Crippen MR) is 157 cm³/mol. The zero-order chi connectivity index (χ0) is 29.8. The third-order valence-corrected chi connectivity index (χ3v) is 7.45. The van der Waals surface area contributed by atoms with Gasteiger partial charge in [-0.3, -0.25) is 0 Å². The standard InChI is InChI=1S/C31H44O8.C2H6/c1-20(32)5-3-6-26-18-27(37-30(36-26)22-9-13-24(34)14-10-22)7-4-8-28-19-29(17-21(2)33)39-31(38-28)23-11-15-25(35)16-12-23;1-2/h9-16,20-21,26-35H,3-8,17-19H2,1-2H3;1-2H3. The van der Waals surface area contributed by atoms with E-state index in [-0.39, 0.29) is 42.0 Å². The molecular weight excluding hydrogens is 524 g/mol. The van der Waals surface area contributed by atoms with Gasteiger partial charge in [0.25, 0.3) is 0 Å². The van der Waals surface area contributed by atoms with Gasteiger partial charge in [0, 0.05) is 24.0 Å². The second-order valence-corrected chi connectivity index (χ2v) is 11.1. The summed E-state index contributed by atoms with van der Waals surface area (Å²) in [4.78, 5) is 0.